The van der Waals surface area contributed by atoms with Crippen LogP contribution in [0.2, 0.25) is 0 Å². The Morgan fingerprint density at radius 3 is 2.53 bits per heavy atom. The van der Waals surface area contributed by atoms with Gasteiger partial charge in [0.15, 0.2) is 11.9 Å². The van der Waals surface area contributed by atoms with Crippen LogP contribution in [0.5, 0.6) is 0 Å². The van der Waals surface area contributed by atoms with Crippen molar-refractivity contribution in [2.45, 2.75) is 104 Å². The predicted octanol–water partition coefficient (Wildman–Crippen LogP) is 6.86. The molecular formula is C32H46N2O4. The largest absolute Gasteiger partial charge is 0.455 e. The van der Waals surface area contributed by atoms with Gasteiger partial charge >= 0.3 is 5.97 Å². The average Bonchev–Trinajstić information content (AvgIpc) is 3.39. The number of hydrogen-bond acceptors (Lipinski definition) is 6. The van der Waals surface area contributed by atoms with E-state index in [9.17, 15) is 9.59 Å². The standard InChI is InChI=1S/C32H46N2O4/c1-7-21(3)10-9-11-26(8-2)30-22(4)29(33-32(34-30)27-16-18-37-19-17-27)15-13-25-12-14-28(20-25)31(36)23(5)38-24(6)35/h8,10-11,23,25,27-28H,2,7,9,12-20H2,1,3-6H3/b21-10+,26-11+/t23-,25?,28?/m0/s1. The molecule has 3 rings (SSSR count). The molecule has 208 valence electrons. The average molecular weight is 523 g/mol. The fourth-order valence-electron chi connectivity index (χ4n) is 5.63. The molecule has 1 aliphatic heterocycles. The first-order valence-corrected chi connectivity index (χ1v) is 14.4. The lowest BCUT2D eigenvalue weighted by molar-refractivity contribution is -0.153. The van der Waals surface area contributed by atoms with Crippen LogP contribution in [0.3, 0.4) is 0 Å². The monoisotopic (exact) mass is 522 g/mol. The third-order valence-corrected chi connectivity index (χ3v) is 8.18. The second kappa shape index (κ2) is 14.5. The third kappa shape index (κ3) is 8.20. The van der Waals surface area contributed by atoms with E-state index in [0.29, 0.717) is 11.8 Å². The van der Waals surface area contributed by atoms with Crippen LogP contribution >= 0.6 is 0 Å². The summed E-state index contributed by atoms with van der Waals surface area (Å²) in [5, 5.41) is 0. The van der Waals surface area contributed by atoms with Crippen LogP contribution in [0, 0.1) is 18.8 Å². The van der Waals surface area contributed by atoms with Crippen molar-refractivity contribution in [2.75, 3.05) is 13.2 Å². The Bertz CT molecular complexity index is 1050. The van der Waals surface area contributed by atoms with Crippen molar-refractivity contribution < 1.29 is 19.1 Å². The van der Waals surface area contributed by atoms with E-state index in [0.717, 1.165) is 99.3 Å². The van der Waals surface area contributed by atoms with Crippen LogP contribution in [-0.2, 0) is 25.5 Å². The van der Waals surface area contributed by atoms with Crippen LogP contribution in [0.1, 0.15) is 108 Å². The summed E-state index contributed by atoms with van der Waals surface area (Å²) < 4.78 is 10.7. The maximum atomic E-state index is 12.7. The van der Waals surface area contributed by atoms with Crippen molar-refractivity contribution in [3.63, 3.8) is 0 Å². The maximum Gasteiger partial charge on any atom is 0.303 e. The van der Waals surface area contributed by atoms with Crippen LogP contribution < -0.4 is 0 Å². The first-order valence-electron chi connectivity index (χ1n) is 14.4. The number of carbonyl (C=O) groups excluding carboxylic acids is 2. The smallest absolute Gasteiger partial charge is 0.303 e. The fourth-order valence-corrected chi connectivity index (χ4v) is 5.63. The molecule has 0 aromatic carbocycles. The zero-order valence-electron chi connectivity index (χ0n) is 24.1. The fraction of sp³-hybridized carbons (Fsp3) is 0.625. The quantitative estimate of drug-likeness (QED) is 0.169. The number of rotatable bonds is 12. The normalized spacial score (nSPS) is 21.8. The molecule has 1 aromatic heterocycles. The summed E-state index contributed by atoms with van der Waals surface area (Å²) in [6, 6.07) is 0. The van der Waals surface area contributed by atoms with Gasteiger partial charge in [0.05, 0.1) is 5.69 Å². The Kier molecular flexibility index (Phi) is 11.4. The molecule has 0 N–H and O–H groups in total. The second-order valence-corrected chi connectivity index (χ2v) is 11.0. The van der Waals surface area contributed by atoms with E-state index >= 15 is 0 Å². The van der Waals surface area contributed by atoms with Gasteiger partial charge in [0.25, 0.3) is 0 Å². The van der Waals surface area contributed by atoms with Gasteiger partial charge in [-0.05, 0) is 95.6 Å². The van der Waals surface area contributed by atoms with Crippen LogP contribution in [-0.4, -0.2) is 41.0 Å². The molecule has 2 heterocycles. The first kappa shape index (κ1) is 29.9. The molecule has 0 amide bonds. The lowest BCUT2D eigenvalue weighted by Gasteiger charge is -2.23. The number of hydrogen-bond donors (Lipinski definition) is 0. The molecule has 6 nitrogen and oxygen atoms in total. The number of Topliss-reactive ketones (excluding diaryl/α,β-unsaturated/α-hetero) is 1. The van der Waals surface area contributed by atoms with E-state index in [2.05, 4.69) is 39.5 Å². The molecule has 0 radical (unpaired) electrons. The maximum absolute atomic E-state index is 12.7. The van der Waals surface area contributed by atoms with Gasteiger partial charge in [0.2, 0.25) is 0 Å². The number of carbonyl (C=O) groups is 2. The van der Waals surface area contributed by atoms with Crippen LogP contribution in [0.15, 0.2) is 30.4 Å². The van der Waals surface area contributed by atoms with Crippen molar-refractivity contribution in [3.05, 3.63) is 53.2 Å². The molecule has 2 unspecified atom stereocenters. The van der Waals surface area contributed by atoms with E-state index in [1.54, 1.807) is 6.92 Å². The number of ether oxygens (including phenoxy) is 2. The summed E-state index contributed by atoms with van der Waals surface area (Å²) >= 11 is 0. The highest BCUT2D eigenvalue weighted by molar-refractivity contribution is 5.87. The van der Waals surface area contributed by atoms with Crippen molar-refractivity contribution in [2.24, 2.45) is 11.8 Å². The molecule has 1 saturated carbocycles. The minimum atomic E-state index is -0.662. The summed E-state index contributed by atoms with van der Waals surface area (Å²) in [6.45, 7) is 15.1. The Morgan fingerprint density at radius 2 is 1.87 bits per heavy atom. The van der Waals surface area contributed by atoms with E-state index < -0.39 is 12.1 Å². The topological polar surface area (TPSA) is 78.4 Å². The molecule has 1 aromatic rings. The Morgan fingerprint density at radius 1 is 1.13 bits per heavy atom. The van der Waals surface area contributed by atoms with Crippen molar-refractivity contribution >= 4 is 17.3 Å². The van der Waals surface area contributed by atoms with Crippen LogP contribution in [0.4, 0.5) is 0 Å². The SMILES string of the molecule is C=C/C(=C\C/C=C(\C)CC)c1nc(C2CCOCC2)nc(CCC2CCC(C(=O)[C@H](C)OC(C)=O)C2)c1C. The van der Waals surface area contributed by atoms with Gasteiger partial charge in [-0.2, -0.15) is 0 Å². The van der Waals surface area contributed by atoms with Crippen molar-refractivity contribution in [1.29, 1.82) is 0 Å². The van der Waals surface area contributed by atoms with Gasteiger partial charge in [0.1, 0.15) is 5.82 Å². The summed E-state index contributed by atoms with van der Waals surface area (Å²) in [6.07, 6.45) is 14.1. The summed E-state index contributed by atoms with van der Waals surface area (Å²) in [5.74, 6) is 1.33. The first-order chi connectivity index (χ1) is 18.2. The van der Waals surface area contributed by atoms with Crippen molar-refractivity contribution in [1.82, 2.24) is 9.97 Å². The van der Waals surface area contributed by atoms with E-state index in [-0.39, 0.29) is 11.7 Å². The Balaban J connectivity index is 1.79. The Labute approximate surface area is 229 Å². The zero-order chi connectivity index (χ0) is 27.7. The molecule has 1 saturated heterocycles. The second-order valence-electron chi connectivity index (χ2n) is 11.0. The van der Waals surface area contributed by atoms with Gasteiger partial charge in [-0.3, -0.25) is 9.59 Å². The van der Waals surface area contributed by atoms with Gasteiger partial charge in [-0.1, -0.05) is 37.3 Å². The number of nitrogens with zero attached hydrogens (tertiary/aromatic N) is 2. The molecule has 38 heavy (non-hydrogen) atoms. The Hall–Kier alpha value is -2.60. The molecule has 1 aliphatic carbocycles. The van der Waals surface area contributed by atoms with Gasteiger partial charge in [-0.25, -0.2) is 9.97 Å². The number of aromatic nitrogens is 2. The summed E-state index contributed by atoms with van der Waals surface area (Å²) in [5.41, 5.74) is 5.66. The van der Waals surface area contributed by atoms with Crippen LogP contribution in [0.25, 0.3) is 5.57 Å². The lowest BCUT2D eigenvalue weighted by atomic mass is 9.93. The molecule has 2 aliphatic rings. The highest BCUT2D eigenvalue weighted by Gasteiger charge is 2.33. The minimum Gasteiger partial charge on any atom is -0.455 e. The summed E-state index contributed by atoms with van der Waals surface area (Å²) in [7, 11) is 0. The molecule has 3 atom stereocenters. The highest BCUT2D eigenvalue weighted by Crippen LogP contribution is 2.36. The van der Waals surface area contributed by atoms with E-state index in [4.69, 9.17) is 19.4 Å². The number of aryl methyl sites for hydroxylation is 1. The molecule has 2 fully saturated rings. The molecule has 0 spiro atoms. The van der Waals surface area contributed by atoms with Gasteiger partial charge in [-0.15, -0.1) is 0 Å². The predicted molar refractivity (Wildman–Crippen MR) is 152 cm³/mol. The molecule has 6 heteroatoms. The van der Waals surface area contributed by atoms with E-state index in [1.807, 2.05) is 6.08 Å². The van der Waals surface area contributed by atoms with Gasteiger partial charge < -0.3 is 9.47 Å². The third-order valence-electron chi connectivity index (χ3n) is 8.18. The minimum absolute atomic E-state index is 0.0239. The van der Waals surface area contributed by atoms with E-state index in [1.165, 1.54) is 12.5 Å². The highest BCUT2D eigenvalue weighted by atomic mass is 16.5. The number of esters is 1. The number of allylic oxidation sites excluding steroid dienone is 5. The van der Waals surface area contributed by atoms with Crippen molar-refractivity contribution in [3.8, 4) is 0 Å². The summed E-state index contributed by atoms with van der Waals surface area (Å²) in [4.78, 5) is 34.2. The lowest BCUT2D eigenvalue weighted by Crippen LogP contribution is -2.28. The van der Waals surface area contributed by atoms with Gasteiger partial charge in [0, 0.05) is 37.7 Å². The molecule has 0 bridgehead atoms. The zero-order valence-corrected chi connectivity index (χ0v) is 24.1. The molecular weight excluding hydrogens is 476 g/mol. The number of ketones is 1.